The number of amides is 2. The maximum Gasteiger partial charge on any atom is 0.308 e. The Kier molecular flexibility index (Phi) is 6.14. The van der Waals surface area contributed by atoms with E-state index in [9.17, 15) is 14.4 Å². The molecule has 1 unspecified atom stereocenters. The Morgan fingerprint density at radius 1 is 1.11 bits per heavy atom. The summed E-state index contributed by atoms with van der Waals surface area (Å²) in [7, 11) is 1.42. The fraction of sp³-hybridized carbons (Fsp3) is 0.333. The van der Waals surface area contributed by atoms with Gasteiger partial charge in [0.25, 0.3) is 5.90 Å². The van der Waals surface area contributed by atoms with Crippen molar-refractivity contribution >= 4 is 29.5 Å². The maximum absolute atomic E-state index is 12.5. The standard InChI is InChI=1S/C21H22N8O7/c1-10-17(23-27-28(10)19-18(22-11(2)30)25-36-26-19)20-24-29(12(3)31)21(5,35-20)14-7-8-15(34-13(4)32)16(9-14)33-6/h7-9H,1-6H3,(H,22,25,30). The largest absolute Gasteiger partial charge is 0.493 e. The van der Waals surface area contributed by atoms with Crippen LogP contribution in [0.2, 0.25) is 0 Å². The number of ether oxygens (including phenoxy) is 3. The molecular weight excluding hydrogens is 476 g/mol. The van der Waals surface area contributed by atoms with Crippen LogP contribution in [-0.4, -0.2) is 61.1 Å². The van der Waals surface area contributed by atoms with Crippen molar-refractivity contribution < 1.29 is 33.2 Å². The molecule has 3 aromatic rings. The Hall–Kier alpha value is -4.82. The van der Waals surface area contributed by atoms with Crippen molar-refractivity contribution in [2.45, 2.75) is 40.3 Å². The molecule has 0 spiro atoms. The highest BCUT2D eigenvalue weighted by Gasteiger charge is 2.46. The number of benzene rings is 1. The number of hydrogen-bond acceptors (Lipinski definition) is 12. The number of nitrogens with zero attached hydrogens (tertiary/aromatic N) is 7. The van der Waals surface area contributed by atoms with Crippen LogP contribution in [0.1, 0.15) is 44.6 Å². The van der Waals surface area contributed by atoms with Crippen molar-refractivity contribution in [1.82, 2.24) is 30.3 Å². The molecule has 1 N–H and O–H groups in total. The van der Waals surface area contributed by atoms with Crippen LogP contribution in [0, 0.1) is 6.92 Å². The van der Waals surface area contributed by atoms with Crippen molar-refractivity contribution in [2.75, 3.05) is 12.4 Å². The summed E-state index contributed by atoms with van der Waals surface area (Å²) < 4.78 is 22.7. The zero-order valence-electron chi connectivity index (χ0n) is 20.2. The molecule has 1 aromatic carbocycles. The first-order valence-corrected chi connectivity index (χ1v) is 10.5. The zero-order chi connectivity index (χ0) is 26.2. The second-order valence-electron chi connectivity index (χ2n) is 7.83. The number of methoxy groups -OCH3 is 1. The minimum Gasteiger partial charge on any atom is -0.493 e. The molecule has 0 radical (unpaired) electrons. The van der Waals surface area contributed by atoms with Gasteiger partial charge < -0.3 is 19.5 Å². The van der Waals surface area contributed by atoms with Crippen LogP contribution in [0.4, 0.5) is 5.82 Å². The minimum absolute atomic E-state index is 0.0111. The fourth-order valence-electron chi connectivity index (χ4n) is 3.58. The molecule has 1 aliphatic rings. The van der Waals surface area contributed by atoms with E-state index in [4.69, 9.17) is 18.8 Å². The first kappa shape index (κ1) is 24.3. The van der Waals surface area contributed by atoms with Gasteiger partial charge in [-0.3, -0.25) is 14.4 Å². The molecule has 3 heterocycles. The predicted octanol–water partition coefficient (Wildman–Crippen LogP) is 1.26. The molecule has 15 nitrogen and oxygen atoms in total. The summed E-state index contributed by atoms with van der Waals surface area (Å²) in [6.07, 6.45) is 0. The van der Waals surface area contributed by atoms with Gasteiger partial charge in [-0.1, -0.05) is 5.21 Å². The van der Waals surface area contributed by atoms with E-state index in [0.29, 0.717) is 11.3 Å². The number of carbonyl (C=O) groups is 3. The average molecular weight is 498 g/mol. The van der Waals surface area contributed by atoms with Gasteiger partial charge in [-0.15, -0.1) is 10.2 Å². The molecule has 0 saturated heterocycles. The van der Waals surface area contributed by atoms with Crippen molar-refractivity contribution in [3.05, 3.63) is 35.2 Å². The predicted molar refractivity (Wildman–Crippen MR) is 120 cm³/mol. The normalized spacial score (nSPS) is 16.8. The summed E-state index contributed by atoms with van der Waals surface area (Å²) >= 11 is 0. The van der Waals surface area contributed by atoms with Crippen LogP contribution >= 0.6 is 0 Å². The second kappa shape index (κ2) is 9.09. The van der Waals surface area contributed by atoms with Gasteiger partial charge in [0.2, 0.25) is 29.2 Å². The highest BCUT2D eigenvalue weighted by molar-refractivity contribution is 5.96. The molecule has 15 heteroatoms. The van der Waals surface area contributed by atoms with Crippen LogP contribution in [0.3, 0.4) is 0 Å². The molecule has 4 rings (SSSR count). The average Bonchev–Trinajstić information content (AvgIpc) is 3.50. The smallest absolute Gasteiger partial charge is 0.308 e. The minimum atomic E-state index is -1.39. The summed E-state index contributed by atoms with van der Waals surface area (Å²) in [5.41, 5.74) is -0.268. The van der Waals surface area contributed by atoms with E-state index < -0.39 is 17.6 Å². The third-order valence-electron chi connectivity index (χ3n) is 5.21. The van der Waals surface area contributed by atoms with E-state index in [-0.39, 0.29) is 40.6 Å². The summed E-state index contributed by atoms with van der Waals surface area (Å²) in [4.78, 5) is 35.4. The number of nitrogens with one attached hydrogen (secondary N) is 1. The van der Waals surface area contributed by atoms with Crippen molar-refractivity contribution in [3.8, 4) is 17.3 Å². The Bertz CT molecular complexity index is 1390. The van der Waals surface area contributed by atoms with Gasteiger partial charge in [0.1, 0.15) is 0 Å². The molecule has 36 heavy (non-hydrogen) atoms. The molecule has 0 bridgehead atoms. The van der Waals surface area contributed by atoms with Crippen molar-refractivity contribution in [2.24, 2.45) is 5.10 Å². The lowest BCUT2D eigenvalue weighted by atomic mass is 10.0. The van der Waals surface area contributed by atoms with E-state index in [1.165, 1.54) is 38.6 Å². The molecule has 0 saturated carbocycles. The number of carbonyl (C=O) groups excluding carboxylic acids is 3. The summed E-state index contributed by atoms with van der Waals surface area (Å²) in [5.74, 6) is -0.675. The van der Waals surface area contributed by atoms with Crippen LogP contribution < -0.4 is 14.8 Å². The topological polar surface area (TPSA) is 176 Å². The molecule has 2 amide bonds. The number of anilines is 1. The number of aromatic nitrogens is 5. The van der Waals surface area contributed by atoms with E-state index in [2.05, 4.69) is 31.0 Å². The SMILES string of the molecule is COc1cc(C2(C)OC(c3nnn(-c4nonc4NC(C)=O)c3C)=NN2C(C)=O)ccc1OC(C)=O. The van der Waals surface area contributed by atoms with E-state index in [0.717, 1.165) is 5.01 Å². The molecule has 1 aliphatic heterocycles. The van der Waals surface area contributed by atoms with Crippen molar-refractivity contribution in [1.29, 1.82) is 0 Å². The molecular formula is C21H22N8O7. The maximum atomic E-state index is 12.5. The summed E-state index contributed by atoms with van der Waals surface area (Å²) in [6.45, 7) is 7.22. The zero-order valence-corrected chi connectivity index (χ0v) is 20.2. The van der Waals surface area contributed by atoms with Gasteiger partial charge in [-0.2, -0.15) is 9.69 Å². The van der Waals surface area contributed by atoms with E-state index >= 15 is 0 Å². The molecule has 0 aliphatic carbocycles. The lowest BCUT2D eigenvalue weighted by molar-refractivity contribution is -0.146. The van der Waals surface area contributed by atoms with Crippen LogP contribution in [0.25, 0.3) is 5.82 Å². The monoisotopic (exact) mass is 498 g/mol. The lowest BCUT2D eigenvalue weighted by Gasteiger charge is -2.31. The van der Waals surface area contributed by atoms with Gasteiger partial charge in [0.05, 0.1) is 12.8 Å². The fourth-order valence-corrected chi connectivity index (χ4v) is 3.58. The molecule has 1 atom stereocenters. The molecule has 188 valence electrons. The van der Waals surface area contributed by atoms with Crippen LogP contribution in [-0.2, 0) is 24.8 Å². The van der Waals surface area contributed by atoms with Gasteiger partial charge in [0.15, 0.2) is 17.2 Å². The summed E-state index contributed by atoms with van der Waals surface area (Å²) in [5, 5.41) is 23.6. The van der Waals surface area contributed by atoms with E-state index in [1.807, 2.05) is 0 Å². The van der Waals surface area contributed by atoms with Gasteiger partial charge >= 0.3 is 5.97 Å². The highest BCUT2D eigenvalue weighted by atomic mass is 16.6. The van der Waals surface area contributed by atoms with Gasteiger partial charge in [0, 0.05) is 33.3 Å². The van der Waals surface area contributed by atoms with Crippen molar-refractivity contribution in [3.63, 3.8) is 0 Å². The Labute approximate surface area is 203 Å². The van der Waals surface area contributed by atoms with Crippen LogP contribution in [0.15, 0.2) is 27.9 Å². The number of esters is 1. The quantitative estimate of drug-likeness (QED) is 0.382. The lowest BCUT2D eigenvalue weighted by Crippen LogP contribution is -2.41. The number of hydrazone groups is 1. The first-order valence-electron chi connectivity index (χ1n) is 10.5. The second-order valence-corrected chi connectivity index (χ2v) is 7.83. The van der Waals surface area contributed by atoms with Crippen LogP contribution in [0.5, 0.6) is 11.5 Å². The third-order valence-corrected chi connectivity index (χ3v) is 5.21. The molecule has 0 fully saturated rings. The molecule has 2 aromatic heterocycles. The number of rotatable bonds is 6. The Morgan fingerprint density at radius 2 is 1.86 bits per heavy atom. The highest BCUT2D eigenvalue weighted by Crippen LogP contribution is 2.40. The Balaban J connectivity index is 1.71. The van der Waals surface area contributed by atoms with Gasteiger partial charge in [-0.05, 0) is 35.4 Å². The van der Waals surface area contributed by atoms with Gasteiger partial charge in [-0.25, -0.2) is 4.63 Å². The number of hydrogen-bond donors (Lipinski definition) is 1. The summed E-state index contributed by atoms with van der Waals surface area (Å²) in [6, 6.07) is 4.74. The third kappa shape index (κ3) is 4.21. The Morgan fingerprint density at radius 3 is 2.50 bits per heavy atom. The van der Waals surface area contributed by atoms with E-state index in [1.54, 1.807) is 26.0 Å². The first-order chi connectivity index (χ1) is 17.0.